The number of ether oxygens (including phenoxy) is 2. The molecule has 0 aromatic carbocycles. The molecule has 4 heterocycles. The molecule has 3 aromatic heterocycles. The van der Waals surface area contributed by atoms with Gasteiger partial charge in [-0.1, -0.05) is 19.6 Å². The van der Waals surface area contributed by atoms with Gasteiger partial charge in [0.05, 0.1) is 18.2 Å². The maximum atomic E-state index is 6.08. The van der Waals surface area contributed by atoms with Crippen LogP contribution in [0.25, 0.3) is 22.2 Å². The number of methoxy groups -OCH3 is 1. The summed E-state index contributed by atoms with van der Waals surface area (Å²) < 4.78 is 15.6. The van der Waals surface area contributed by atoms with Crippen molar-refractivity contribution < 1.29 is 9.47 Å². The second-order valence-corrected chi connectivity index (χ2v) is 16.4. The van der Waals surface area contributed by atoms with E-state index in [1.54, 1.807) is 13.4 Å². The van der Waals surface area contributed by atoms with Crippen molar-refractivity contribution in [1.82, 2.24) is 24.3 Å². The summed E-state index contributed by atoms with van der Waals surface area (Å²) in [6, 6.07) is 1.15. The predicted molar refractivity (Wildman–Crippen MR) is 128 cm³/mol. The van der Waals surface area contributed by atoms with Crippen LogP contribution in [0.2, 0.25) is 25.7 Å². The summed E-state index contributed by atoms with van der Waals surface area (Å²) >= 11 is 0. The van der Waals surface area contributed by atoms with E-state index in [4.69, 9.17) is 14.5 Å². The minimum atomic E-state index is -1.12. The van der Waals surface area contributed by atoms with Gasteiger partial charge in [-0.15, -0.1) is 0 Å². The Labute approximate surface area is 190 Å². The molecule has 3 aromatic rings. The highest BCUT2D eigenvalue weighted by Gasteiger charge is 2.60. The quantitative estimate of drug-likeness (QED) is 0.363. The lowest BCUT2D eigenvalue weighted by Gasteiger charge is -2.22. The minimum absolute atomic E-state index is 0.295. The van der Waals surface area contributed by atoms with E-state index in [9.17, 15) is 0 Å². The molecule has 0 radical (unpaired) electrons. The molecule has 8 nitrogen and oxygen atoms in total. The van der Waals surface area contributed by atoms with Gasteiger partial charge in [0, 0.05) is 70.9 Å². The third-order valence-electron chi connectivity index (χ3n) is 6.91. The monoisotopic (exact) mass is 454 g/mol. The molecule has 9 heteroatoms. The lowest BCUT2D eigenvalue weighted by molar-refractivity contribution is 0.0899. The van der Waals surface area contributed by atoms with E-state index >= 15 is 0 Å². The van der Waals surface area contributed by atoms with Gasteiger partial charge < -0.3 is 18.9 Å². The Morgan fingerprint density at radius 1 is 1.22 bits per heavy atom. The van der Waals surface area contributed by atoms with Gasteiger partial charge >= 0.3 is 0 Å². The Morgan fingerprint density at radius 2 is 2.06 bits per heavy atom. The first-order valence-corrected chi connectivity index (χ1v) is 15.1. The highest BCUT2D eigenvalue weighted by molar-refractivity contribution is 6.76. The van der Waals surface area contributed by atoms with E-state index in [0.717, 1.165) is 60.3 Å². The van der Waals surface area contributed by atoms with Crippen LogP contribution in [0.5, 0.6) is 0 Å². The number of hydrogen-bond acceptors (Lipinski definition) is 6. The summed E-state index contributed by atoms with van der Waals surface area (Å²) in [6.45, 7) is 11.2. The second kappa shape index (κ2) is 7.97. The second-order valence-electron chi connectivity index (χ2n) is 10.7. The number of aryl methyl sites for hydroxylation is 1. The molecular weight excluding hydrogens is 420 g/mol. The summed E-state index contributed by atoms with van der Waals surface area (Å²) in [5.41, 5.74) is 3.40. The van der Waals surface area contributed by atoms with Crippen LogP contribution >= 0.6 is 0 Å². The van der Waals surface area contributed by atoms with Crippen LogP contribution < -0.4 is 4.90 Å². The van der Waals surface area contributed by atoms with Crippen molar-refractivity contribution in [2.24, 2.45) is 18.4 Å². The Morgan fingerprint density at radius 3 is 2.78 bits per heavy atom. The van der Waals surface area contributed by atoms with E-state index in [-0.39, 0.29) is 0 Å². The number of rotatable bonds is 9. The van der Waals surface area contributed by atoms with Gasteiger partial charge in [0.1, 0.15) is 24.5 Å². The molecule has 0 bridgehead atoms. The molecule has 2 aliphatic rings. The zero-order chi connectivity index (χ0) is 22.5. The highest BCUT2D eigenvalue weighted by atomic mass is 28.3. The SMILES string of the molecule is COCC12CC1CN(c1ncnc3c1c(-c1cnn(C)c1)cn3COCC[Si](C)(C)C)C2. The zero-order valence-corrected chi connectivity index (χ0v) is 20.8. The molecule has 0 amide bonds. The molecule has 2 unspecified atom stereocenters. The van der Waals surface area contributed by atoms with E-state index < -0.39 is 8.07 Å². The van der Waals surface area contributed by atoms with E-state index in [1.807, 2.05) is 17.9 Å². The van der Waals surface area contributed by atoms with Crippen LogP contribution in [0.1, 0.15) is 6.42 Å². The number of nitrogens with zero attached hydrogens (tertiary/aromatic N) is 6. The fraction of sp³-hybridized carbons (Fsp3) is 0.609. The number of aromatic nitrogens is 5. The van der Waals surface area contributed by atoms with Gasteiger partial charge in [-0.3, -0.25) is 4.68 Å². The van der Waals surface area contributed by atoms with Crippen molar-refractivity contribution >= 4 is 24.9 Å². The molecule has 2 atom stereocenters. The van der Waals surface area contributed by atoms with Gasteiger partial charge in [0.2, 0.25) is 0 Å². The Kier molecular flexibility index (Phi) is 5.38. The normalized spacial score (nSPS) is 22.7. The smallest absolute Gasteiger partial charge is 0.148 e. The van der Waals surface area contributed by atoms with E-state index in [1.165, 1.54) is 6.42 Å². The van der Waals surface area contributed by atoms with Gasteiger partial charge in [-0.25, -0.2) is 9.97 Å². The summed E-state index contributed by atoms with van der Waals surface area (Å²) in [7, 11) is 2.63. The van der Waals surface area contributed by atoms with Crippen LogP contribution in [0.4, 0.5) is 5.82 Å². The number of piperidine rings is 1. The molecule has 0 N–H and O–H groups in total. The third-order valence-corrected chi connectivity index (χ3v) is 8.62. The Bertz CT molecular complexity index is 1120. The maximum Gasteiger partial charge on any atom is 0.148 e. The molecule has 5 rings (SSSR count). The van der Waals surface area contributed by atoms with Crippen molar-refractivity contribution in [2.75, 3.05) is 38.3 Å². The first-order chi connectivity index (χ1) is 15.3. The Hall–Kier alpha value is -2.23. The molecule has 1 aliphatic heterocycles. The van der Waals surface area contributed by atoms with Crippen LogP contribution in [-0.4, -0.2) is 65.8 Å². The largest absolute Gasteiger partial charge is 0.384 e. The Balaban J connectivity index is 1.49. The van der Waals surface area contributed by atoms with Crippen molar-refractivity contribution in [1.29, 1.82) is 0 Å². The fourth-order valence-corrected chi connectivity index (χ4v) is 5.79. The molecule has 32 heavy (non-hydrogen) atoms. The third kappa shape index (κ3) is 3.97. The molecule has 1 aliphatic carbocycles. The summed E-state index contributed by atoms with van der Waals surface area (Å²) in [6.07, 6.45) is 9.06. The number of fused-ring (bicyclic) bond motifs is 2. The van der Waals surface area contributed by atoms with Crippen molar-refractivity contribution in [2.45, 2.75) is 38.8 Å². The summed E-state index contributed by atoms with van der Waals surface area (Å²) in [4.78, 5) is 11.9. The number of hydrogen-bond donors (Lipinski definition) is 0. The minimum Gasteiger partial charge on any atom is -0.384 e. The zero-order valence-electron chi connectivity index (χ0n) is 19.8. The van der Waals surface area contributed by atoms with Crippen LogP contribution in [0.3, 0.4) is 0 Å². The van der Waals surface area contributed by atoms with Gasteiger partial charge in [-0.2, -0.15) is 5.10 Å². The van der Waals surface area contributed by atoms with Gasteiger partial charge in [-0.05, 0) is 18.4 Å². The molecular formula is C23H34N6O2Si. The average Bonchev–Trinajstić information content (AvgIpc) is 3.08. The van der Waals surface area contributed by atoms with E-state index in [0.29, 0.717) is 18.1 Å². The van der Waals surface area contributed by atoms with Gasteiger partial charge in [0.15, 0.2) is 0 Å². The van der Waals surface area contributed by atoms with Crippen molar-refractivity contribution in [3.05, 3.63) is 24.9 Å². The van der Waals surface area contributed by atoms with Crippen LogP contribution in [0, 0.1) is 11.3 Å². The van der Waals surface area contributed by atoms with Crippen LogP contribution in [-0.2, 0) is 23.3 Å². The molecule has 1 saturated carbocycles. The lowest BCUT2D eigenvalue weighted by atomic mass is 10.1. The molecule has 0 spiro atoms. The molecule has 1 saturated heterocycles. The standard InChI is InChI=1S/C23H34N6O2Si/c1-27-10-17(9-26-27)19-12-29(16-31-6-7-32(3,4)5)22-20(19)21(24-15-25-22)28-11-18-8-23(18,13-28)14-30-2/h9-10,12,15,18H,6-8,11,13-14,16H2,1-5H3. The first kappa shape index (κ1) is 21.6. The predicted octanol–water partition coefficient (Wildman–Crippen LogP) is 3.62. The molecule has 2 fully saturated rings. The lowest BCUT2D eigenvalue weighted by Crippen LogP contribution is -2.27. The molecule has 172 valence electrons. The number of anilines is 1. The van der Waals surface area contributed by atoms with E-state index in [2.05, 4.69) is 51.6 Å². The fourth-order valence-electron chi connectivity index (χ4n) is 5.03. The van der Waals surface area contributed by atoms with Crippen molar-refractivity contribution in [3.8, 4) is 11.1 Å². The summed E-state index contributed by atoms with van der Waals surface area (Å²) in [5, 5.41) is 5.49. The highest BCUT2D eigenvalue weighted by Crippen LogP contribution is 2.58. The average molecular weight is 455 g/mol. The van der Waals surface area contributed by atoms with Crippen molar-refractivity contribution in [3.63, 3.8) is 0 Å². The first-order valence-electron chi connectivity index (χ1n) is 11.4. The maximum absolute atomic E-state index is 6.08. The topological polar surface area (TPSA) is 70.2 Å². The van der Waals surface area contributed by atoms with Gasteiger partial charge in [0.25, 0.3) is 0 Å². The summed E-state index contributed by atoms with van der Waals surface area (Å²) in [5.74, 6) is 1.71. The van der Waals surface area contributed by atoms with Crippen LogP contribution in [0.15, 0.2) is 24.9 Å².